The molecule has 0 spiro atoms. The number of ether oxygens (including phenoxy) is 3. The fraction of sp³-hybridized carbons (Fsp3) is 0.273. The van der Waals surface area contributed by atoms with Gasteiger partial charge >= 0.3 is 5.97 Å². The lowest BCUT2D eigenvalue weighted by molar-refractivity contribution is -0.152. The predicted octanol–water partition coefficient (Wildman–Crippen LogP) is 1.71. The quantitative estimate of drug-likeness (QED) is 0.461. The summed E-state index contributed by atoms with van der Waals surface area (Å²) in [5.74, 6) is -2.16. The Balaban J connectivity index is 1.52. The Morgan fingerprint density at radius 2 is 1.85 bits per heavy atom. The molecule has 0 aliphatic carbocycles. The molecule has 1 fully saturated rings. The van der Waals surface area contributed by atoms with Crippen LogP contribution in [0.1, 0.15) is 16.8 Å². The molecule has 2 N–H and O–H groups in total. The fourth-order valence-corrected chi connectivity index (χ4v) is 3.46. The van der Waals surface area contributed by atoms with Gasteiger partial charge in [-0.2, -0.15) is 0 Å². The number of hydrogen-bond donors (Lipinski definition) is 2. The molecule has 2 aromatic rings. The van der Waals surface area contributed by atoms with Gasteiger partial charge in [-0.3, -0.25) is 30.0 Å². The van der Waals surface area contributed by atoms with Crippen LogP contribution in [0.25, 0.3) is 0 Å². The standard InChI is InChI=1S/C22H22ClN3O7/c1-31-14-7-8-18(32-2)17(10-14)26-11-13(9-20(26)28)22(30)33-12-19(27)24-25-21(29)15-5-3-4-6-16(15)23/h3-8,10,13H,9,11-12H2,1-2H3,(H,24,27)(H,25,29)/t13-/m1/s1. The first-order chi connectivity index (χ1) is 15.8. The maximum absolute atomic E-state index is 12.5. The summed E-state index contributed by atoms with van der Waals surface area (Å²) in [6.45, 7) is -0.569. The number of esters is 1. The fourth-order valence-electron chi connectivity index (χ4n) is 3.24. The van der Waals surface area contributed by atoms with Gasteiger partial charge in [0.2, 0.25) is 5.91 Å². The Labute approximate surface area is 194 Å². The zero-order chi connectivity index (χ0) is 24.0. The Kier molecular flexibility index (Phi) is 7.73. The van der Waals surface area contributed by atoms with Crippen molar-refractivity contribution in [1.82, 2.24) is 10.9 Å². The van der Waals surface area contributed by atoms with Crippen LogP contribution in [0.4, 0.5) is 5.69 Å². The molecule has 11 heteroatoms. The SMILES string of the molecule is COc1ccc(OC)c(N2C[C@H](C(=O)OCC(=O)NNC(=O)c3ccccc3Cl)CC2=O)c1. The van der Waals surface area contributed by atoms with Gasteiger partial charge in [0.05, 0.1) is 36.4 Å². The second kappa shape index (κ2) is 10.7. The number of halogens is 1. The van der Waals surface area contributed by atoms with E-state index in [2.05, 4.69) is 10.9 Å². The summed E-state index contributed by atoms with van der Waals surface area (Å²) in [6.07, 6.45) is -0.0793. The Hall–Kier alpha value is -3.79. The van der Waals surface area contributed by atoms with Gasteiger partial charge in [0.15, 0.2) is 6.61 Å². The number of methoxy groups -OCH3 is 2. The topological polar surface area (TPSA) is 123 Å². The molecular formula is C22H22ClN3O7. The first-order valence-corrected chi connectivity index (χ1v) is 10.2. The summed E-state index contributed by atoms with van der Waals surface area (Å²) < 4.78 is 15.5. The molecule has 0 unspecified atom stereocenters. The van der Waals surface area contributed by atoms with Crippen LogP contribution in [-0.4, -0.2) is 51.1 Å². The van der Waals surface area contributed by atoms with Gasteiger partial charge in [-0.05, 0) is 24.3 Å². The van der Waals surface area contributed by atoms with Gasteiger partial charge in [0.1, 0.15) is 11.5 Å². The molecule has 0 bridgehead atoms. The Bertz CT molecular complexity index is 1080. The highest BCUT2D eigenvalue weighted by atomic mass is 35.5. The highest BCUT2D eigenvalue weighted by Gasteiger charge is 2.37. The minimum atomic E-state index is -0.765. The molecule has 1 aliphatic heterocycles. The molecule has 1 aliphatic rings. The molecular weight excluding hydrogens is 454 g/mol. The summed E-state index contributed by atoms with van der Waals surface area (Å²) in [7, 11) is 2.97. The summed E-state index contributed by atoms with van der Waals surface area (Å²) in [4.78, 5) is 50.3. The number of hydrazine groups is 1. The third-order valence-corrected chi connectivity index (χ3v) is 5.24. The second-order valence-corrected chi connectivity index (χ2v) is 7.44. The number of anilines is 1. The van der Waals surface area contributed by atoms with Crippen molar-refractivity contribution >= 4 is 41.0 Å². The number of rotatable bonds is 7. The monoisotopic (exact) mass is 475 g/mol. The molecule has 0 saturated carbocycles. The van der Waals surface area contributed by atoms with E-state index in [1.54, 1.807) is 30.3 Å². The number of nitrogens with zero attached hydrogens (tertiary/aromatic N) is 1. The van der Waals surface area contributed by atoms with Crippen LogP contribution >= 0.6 is 11.6 Å². The number of nitrogens with one attached hydrogen (secondary N) is 2. The van der Waals surface area contributed by atoms with E-state index in [0.29, 0.717) is 17.2 Å². The van der Waals surface area contributed by atoms with Crippen LogP contribution in [0.5, 0.6) is 11.5 Å². The maximum atomic E-state index is 12.5. The van der Waals surface area contributed by atoms with Crippen molar-refractivity contribution < 1.29 is 33.4 Å². The minimum absolute atomic E-state index is 0.0616. The third-order valence-electron chi connectivity index (χ3n) is 4.91. The lowest BCUT2D eigenvalue weighted by Gasteiger charge is -2.20. The van der Waals surface area contributed by atoms with Crippen LogP contribution in [-0.2, 0) is 19.1 Å². The maximum Gasteiger partial charge on any atom is 0.311 e. The predicted molar refractivity (Wildman–Crippen MR) is 118 cm³/mol. The van der Waals surface area contributed by atoms with E-state index in [-0.39, 0.29) is 29.5 Å². The molecule has 10 nitrogen and oxygen atoms in total. The van der Waals surface area contributed by atoms with Gasteiger partial charge in [-0.25, -0.2) is 0 Å². The molecule has 0 aromatic heterocycles. The van der Waals surface area contributed by atoms with E-state index in [4.69, 9.17) is 25.8 Å². The molecule has 1 saturated heterocycles. The van der Waals surface area contributed by atoms with Crippen molar-refractivity contribution in [2.45, 2.75) is 6.42 Å². The van der Waals surface area contributed by atoms with E-state index in [1.807, 2.05) is 0 Å². The highest BCUT2D eigenvalue weighted by Crippen LogP contribution is 2.36. The van der Waals surface area contributed by atoms with E-state index in [0.717, 1.165) is 0 Å². The van der Waals surface area contributed by atoms with Gasteiger partial charge < -0.3 is 19.1 Å². The van der Waals surface area contributed by atoms with E-state index >= 15 is 0 Å². The number of carbonyl (C=O) groups is 4. The highest BCUT2D eigenvalue weighted by molar-refractivity contribution is 6.33. The average Bonchev–Trinajstić information content (AvgIpc) is 3.22. The normalized spacial score (nSPS) is 15.1. The summed E-state index contributed by atoms with van der Waals surface area (Å²) in [5, 5.41) is 0.221. The van der Waals surface area contributed by atoms with Crippen molar-refractivity contribution in [2.75, 3.05) is 32.3 Å². The molecule has 0 radical (unpaired) electrons. The minimum Gasteiger partial charge on any atom is -0.497 e. The molecule has 3 rings (SSSR count). The molecule has 33 heavy (non-hydrogen) atoms. The van der Waals surface area contributed by atoms with Crippen LogP contribution in [0.3, 0.4) is 0 Å². The van der Waals surface area contributed by atoms with Crippen molar-refractivity contribution in [3.05, 3.63) is 53.1 Å². The summed E-state index contributed by atoms with van der Waals surface area (Å²) in [5.41, 5.74) is 4.98. The van der Waals surface area contributed by atoms with Crippen LogP contribution in [0.15, 0.2) is 42.5 Å². The summed E-state index contributed by atoms with van der Waals surface area (Å²) >= 11 is 5.92. The molecule has 1 heterocycles. The van der Waals surface area contributed by atoms with Crippen molar-refractivity contribution in [2.24, 2.45) is 5.92 Å². The van der Waals surface area contributed by atoms with Crippen molar-refractivity contribution in [1.29, 1.82) is 0 Å². The zero-order valence-electron chi connectivity index (χ0n) is 17.9. The first kappa shape index (κ1) is 23.9. The van der Waals surface area contributed by atoms with Crippen LogP contribution < -0.4 is 25.2 Å². The van der Waals surface area contributed by atoms with Gasteiger partial charge in [0.25, 0.3) is 11.8 Å². The van der Waals surface area contributed by atoms with Gasteiger partial charge in [-0.15, -0.1) is 0 Å². The molecule has 174 valence electrons. The average molecular weight is 476 g/mol. The zero-order valence-corrected chi connectivity index (χ0v) is 18.7. The Morgan fingerprint density at radius 1 is 1.09 bits per heavy atom. The molecule has 1 atom stereocenters. The first-order valence-electron chi connectivity index (χ1n) is 9.86. The van der Waals surface area contributed by atoms with Crippen molar-refractivity contribution in [3.63, 3.8) is 0 Å². The van der Waals surface area contributed by atoms with Crippen LogP contribution in [0, 0.1) is 5.92 Å². The number of hydrogen-bond acceptors (Lipinski definition) is 7. The van der Waals surface area contributed by atoms with Crippen LogP contribution in [0.2, 0.25) is 5.02 Å². The lowest BCUT2D eigenvalue weighted by Crippen LogP contribution is -2.44. The van der Waals surface area contributed by atoms with Crippen molar-refractivity contribution in [3.8, 4) is 11.5 Å². The molecule has 2 aromatic carbocycles. The van der Waals surface area contributed by atoms with E-state index in [1.165, 1.54) is 31.3 Å². The van der Waals surface area contributed by atoms with Gasteiger partial charge in [0, 0.05) is 19.0 Å². The number of amides is 3. The Morgan fingerprint density at radius 3 is 2.55 bits per heavy atom. The summed E-state index contributed by atoms with van der Waals surface area (Å²) in [6, 6.07) is 11.3. The van der Waals surface area contributed by atoms with Gasteiger partial charge in [-0.1, -0.05) is 23.7 Å². The number of benzene rings is 2. The number of carbonyl (C=O) groups excluding carboxylic acids is 4. The molecule has 3 amide bonds. The van der Waals surface area contributed by atoms with E-state index < -0.39 is 30.3 Å². The second-order valence-electron chi connectivity index (χ2n) is 7.03. The largest absolute Gasteiger partial charge is 0.497 e. The lowest BCUT2D eigenvalue weighted by atomic mass is 10.1. The third kappa shape index (κ3) is 5.72. The smallest absolute Gasteiger partial charge is 0.311 e. The van der Waals surface area contributed by atoms with E-state index in [9.17, 15) is 19.2 Å².